The predicted octanol–water partition coefficient (Wildman–Crippen LogP) is -3.70. The molecular formula is C31H42N8O11. The fourth-order valence-corrected chi connectivity index (χ4v) is 5.97. The monoisotopic (exact) mass is 702 g/mol. The van der Waals surface area contributed by atoms with Crippen LogP contribution in [0.15, 0.2) is 30.3 Å². The number of amides is 7. The first-order valence-electron chi connectivity index (χ1n) is 15.9. The number of carbonyl (C=O) groups is 9. The molecule has 0 bridgehead atoms. The quantitative estimate of drug-likeness (QED) is 0.0778. The number of benzene rings is 1. The normalized spacial score (nSPS) is 19.4. The maximum atomic E-state index is 13.7. The molecule has 0 unspecified atom stereocenters. The van der Waals surface area contributed by atoms with Crippen LogP contribution in [0.25, 0.3) is 0 Å². The van der Waals surface area contributed by atoms with Gasteiger partial charge in [-0.15, -0.1) is 0 Å². The van der Waals surface area contributed by atoms with Crippen LogP contribution in [-0.4, -0.2) is 123 Å². The van der Waals surface area contributed by atoms with Crippen LogP contribution in [0.3, 0.4) is 0 Å². The molecule has 272 valence electrons. The Hall–Kier alpha value is -5.59. The second-order valence-corrected chi connectivity index (χ2v) is 12.1. The van der Waals surface area contributed by atoms with Crippen molar-refractivity contribution in [3.05, 3.63) is 35.9 Å². The summed E-state index contributed by atoms with van der Waals surface area (Å²) in [6, 6.07) is 0.115. The maximum absolute atomic E-state index is 13.7. The molecule has 1 aromatic carbocycles. The lowest BCUT2D eigenvalue weighted by molar-refractivity contribution is -0.146. The fourth-order valence-electron chi connectivity index (χ4n) is 5.97. The molecule has 19 heteroatoms. The van der Waals surface area contributed by atoms with Crippen molar-refractivity contribution in [3.63, 3.8) is 0 Å². The minimum absolute atomic E-state index is 0.0111. The van der Waals surface area contributed by atoms with E-state index in [2.05, 4.69) is 16.0 Å². The number of rotatable bonds is 17. The summed E-state index contributed by atoms with van der Waals surface area (Å²) in [7, 11) is 0. The van der Waals surface area contributed by atoms with Crippen molar-refractivity contribution >= 4 is 53.3 Å². The Morgan fingerprint density at radius 3 is 1.72 bits per heavy atom. The van der Waals surface area contributed by atoms with Gasteiger partial charge < -0.3 is 53.2 Å². The topological polar surface area (TPSA) is 315 Å². The Bertz CT molecular complexity index is 1490. The van der Waals surface area contributed by atoms with Gasteiger partial charge in [-0.2, -0.15) is 0 Å². The van der Waals surface area contributed by atoms with Crippen molar-refractivity contribution in [3.8, 4) is 0 Å². The zero-order chi connectivity index (χ0) is 37.1. The van der Waals surface area contributed by atoms with Gasteiger partial charge in [0.25, 0.3) is 0 Å². The predicted molar refractivity (Wildman–Crippen MR) is 171 cm³/mol. The van der Waals surface area contributed by atoms with E-state index in [-0.39, 0.29) is 32.4 Å². The number of carbonyl (C=O) groups excluding carboxylic acids is 7. The molecule has 2 fully saturated rings. The van der Waals surface area contributed by atoms with Gasteiger partial charge in [0, 0.05) is 19.5 Å². The third-order valence-electron chi connectivity index (χ3n) is 8.34. The zero-order valence-corrected chi connectivity index (χ0v) is 27.1. The van der Waals surface area contributed by atoms with Gasteiger partial charge in [-0.3, -0.25) is 38.4 Å². The average Bonchev–Trinajstić information content (AvgIpc) is 3.73. The van der Waals surface area contributed by atoms with Crippen LogP contribution < -0.4 is 33.2 Å². The summed E-state index contributed by atoms with van der Waals surface area (Å²) >= 11 is 0. The van der Waals surface area contributed by atoms with E-state index in [9.17, 15) is 53.4 Å². The van der Waals surface area contributed by atoms with E-state index in [1.54, 1.807) is 30.3 Å². The standard InChI is InChI=1S/C31H42N8O11/c32-17(13-23(33)40)29(47)38-10-4-8-21(38)27(45)35-18(15-25(42)43)26(44)36-19(14-24(34)41)30(48)39-11-5-9-22(39)28(46)37-20(31(49)50)12-16-6-2-1-3-7-16/h1-3,6-7,17-22H,4-5,8-15,32H2,(H2,33,40)(H2,34,41)(H,35,45)(H,36,44)(H,37,46)(H,42,43)(H,49,50)/t17-,18-,19-,20-,21-,22-/m0/s1. The number of aliphatic carboxylic acids is 2. The molecule has 0 spiro atoms. The van der Waals surface area contributed by atoms with Crippen molar-refractivity contribution in [2.24, 2.45) is 17.2 Å². The van der Waals surface area contributed by atoms with Crippen molar-refractivity contribution in [2.45, 2.75) is 87.6 Å². The first-order valence-corrected chi connectivity index (χ1v) is 15.9. The zero-order valence-electron chi connectivity index (χ0n) is 27.1. The SMILES string of the molecule is NC(=O)C[C@H](NC(=O)[C@H](CC(=O)O)NC(=O)[C@@H]1CCCN1C(=O)[C@@H](N)CC(N)=O)C(=O)N1CCC[C@H]1C(=O)N[C@@H](Cc1ccccc1)C(=O)O. The van der Waals surface area contributed by atoms with Gasteiger partial charge in [0.05, 0.1) is 25.3 Å². The fraction of sp³-hybridized carbons (Fsp3) is 0.516. The number of nitrogens with zero attached hydrogens (tertiary/aromatic N) is 2. The highest BCUT2D eigenvalue weighted by molar-refractivity contribution is 5.99. The van der Waals surface area contributed by atoms with Gasteiger partial charge in [0.2, 0.25) is 41.4 Å². The molecular weight excluding hydrogens is 660 g/mol. The Kier molecular flexibility index (Phi) is 13.8. The first kappa shape index (κ1) is 38.9. The van der Waals surface area contributed by atoms with Gasteiger partial charge >= 0.3 is 11.9 Å². The number of nitrogens with two attached hydrogens (primary N) is 3. The number of hydrogen-bond acceptors (Lipinski definition) is 10. The van der Waals surface area contributed by atoms with E-state index in [4.69, 9.17) is 17.2 Å². The van der Waals surface area contributed by atoms with Crippen molar-refractivity contribution in [1.29, 1.82) is 0 Å². The van der Waals surface area contributed by atoms with Crippen LogP contribution in [0.4, 0.5) is 0 Å². The Morgan fingerprint density at radius 1 is 0.700 bits per heavy atom. The van der Waals surface area contributed by atoms with Gasteiger partial charge in [0.1, 0.15) is 30.2 Å². The molecule has 0 aliphatic carbocycles. The number of nitrogens with one attached hydrogen (secondary N) is 3. The summed E-state index contributed by atoms with van der Waals surface area (Å²) < 4.78 is 0. The minimum atomic E-state index is -1.79. The number of carboxylic acid groups (broad SMARTS) is 2. The largest absolute Gasteiger partial charge is 0.481 e. The van der Waals surface area contributed by atoms with Crippen LogP contribution in [0.1, 0.15) is 50.5 Å². The summed E-state index contributed by atoms with van der Waals surface area (Å²) in [5, 5.41) is 26.2. The van der Waals surface area contributed by atoms with E-state index in [0.29, 0.717) is 18.4 Å². The van der Waals surface area contributed by atoms with Gasteiger partial charge in [-0.25, -0.2) is 4.79 Å². The molecule has 0 aromatic heterocycles. The molecule has 2 aliphatic rings. The maximum Gasteiger partial charge on any atom is 0.326 e. The minimum Gasteiger partial charge on any atom is -0.481 e. The van der Waals surface area contributed by atoms with Crippen LogP contribution in [0, 0.1) is 0 Å². The van der Waals surface area contributed by atoms with Crippen LogP contribution in [-0.2, 0) is 49.6 Å². The molecule has 3 rings (SSSR count). The molecule has 0 saturated carbocycles. The summed E-state index contributed by atoms with van der Waals surface area (Å²) in [5.74, 6) is -9.18. The van der Waals surface area contributed by atoms with E-state index < -0.39 is 109 Å². The molecule has 7 amide bonds. The Labute approximate surface area is 286 Å². The number of hydrogen-bond donors (Lipinski definition) is 8. The average molecular weight is 703 g/mol. The highest BCUT2D eigenvalue weighted by Crippen LogP contribution is 2.21. The van der Waals surface area contributed by atoms with Gasteiger partial charge in [-0.05, 0) is 31.2 Å². The number of carboxylic acids is 2. The second kappa shape index (κ2) is 17.7. The Balaban J connectivity index is 1.74. The Morgan fingerprint density at radius 2 is 1.22 bits per heavy atom. The lowest BCUT2D eigenvalue weighted by Gasteiger charge is -2.30. The van der Waals surface area contributed by atoms with Crippen LogP contribution in [0.5, 0.6) is 0 Å². The first-order chi connectivity index (χ1) is 23.6. The molecule has 19 nitrogen and oxygen atoms in total. The lowest BCUT2D eigenvalue weighted by atomic mass is 10.0. The van der Waals surface area contributed by atoms with E-state index in [1.165, 1.54) is 0 Å². The van der Waals surface area contributed by atoms with Crippen LogP contribution >= 0.6 is 0 Å². The van der Waals surface area contributed by atoms with E-state index >= 15 is 0 Å². The number of primary amides is 2. The number of likely N-dealkylation sites (tertiary alicyclic amines) is 2. The van der Waals surface area contributed by atoms with Crippen molar-refractivity contribution in [1.82, 2.24) is 25.8 Å². The summed E-state index contributed by atoms with van der Waals surface area (Å²) in [4.78, 5) is 115. The molecule has 50 heavy (non-hydrogen) atoms. The highest BCUT2D eigenvalue weighted by Gasteiger charge is 2.41. The molecule has 11 N–H and O–H groups in total. The van der Waals surface area contributed by atoms with Gasteiger partial charge in [-0.1, -0.05) is 30.3 Å². The third-order valence-corrected chi connectivity index (χ3v) is 8.34. The smallest absolute Gasteiger partial charge is 0.326 e. The van der Waals surface area contributed by atoms with Crippen LogP contribution in [0.2, 0.25) is 0 Å². The summed E-state index contributed by atoms with van der Waals surface area (Å²) in [6.07, 6.45) is -1.25. The second-order valence-electron chi connectivity index (χ2n) is 12.1. The highest BCUT2D eigenvalue weighted by atomic mass is 16.4. The molecule has 2 saturated heterocycles. The van der Waals surface area contributed by atoms with Crippen molar-refractivity contribution < 1.29 is 53.4 Å². The van der Waals surface area contributed by atoms with E-state index in [0.717, 1.165) is 9.80 Å². The molecule has 0 radical (unpaired) electrons. The molecule has 6 atom stereocenters. The molecule has 2 aliphatic heterocycles. The van der Waals surface area contributed by atoms with E-state index in [1.807, 2.05) is 0 Å². The third kappa shape index (κ3) is 10.7. The summed E-state index contributed by atoms with van der Waals surface area (Å²) in [6.45, 7) is 0.107. The molecule has 2 heterocycles. The summed E-state index contributed by atoms with van der Waals surface area (Å²) in [5.41, 5.74) is 16.9. The lowest BCUT2D eigenvalue weighted by Crippen LogP contribution is -2.59. The molecule has 1 aromatic rings. The van der Waals surface area contributed by atoms with Crippen molar-refractivity contribution in [2.75, 3.05) is 13.1 Å². The van der Waals surface area contributed by atoms with Gasteiger partial charge in [0.15, 0.2) is 0 Å².